The minimum absolute atomic E-state index is 0.00821. The smallest absolute Gasteiger partial charge is 0.360 e. The molecule has 2 rings (SSSR count). The highest BCUT2D eigenvalue weighted by Gasteiger charge is 2.21. The molecule has 0 fully saturated rings. The lowest BCUT2D eigenvalue weighted by molar-refractivity contribution is 0.0596. The lowest BCUT2D eigenvalue weighted by Crippen LogP contribution is -2.08. The Bertz CT molecular complexity index is 731. The molecule has 20 heavy (non-hydrogen) atoms. The number of nitrogen functional groups attached to an aromatic ring is 1. The van der Waals surface area contributed by atoms with E-state index in [1.807, 2.05) is 6.07 Å². The lowest BCUT2D eigenvalue weighted by atomic mass is 10.2. The third-order valence-electron chi connectivity index (χ3n) is 2.78. The largest absolute Gasteiger partial charge is 0.464 e. The third-order valence-corrected chi connectivity index (χ3v) is 3.02. The van der Waals surface area contributed by atoms with Crippen LogP contribution in [0.5, 0.6) is 0 Å². The van der Waals surface area contributed by atoms with Gasteiger partial charge in [-0.1, -0.05) is 11.6 Å². The molecule has 1 aromatic heterocycles. The summed E-state index contributed by atoms with van der Waals surface area (Å²) in [5.74, 6) is -0.0698. The molecule has 102 valence electrons. The number of nitrogens with two attached hydrogens (primary N) is 1. The summed E-state index contributed by atoms with van der Waals surface area (Å²) in [6.07, 6.45) is 0. The summed E-state index contributed by atoms with van der Waals surface area (Å²) in [6.45, 7) is 1.67. The zero-order valence-electron chi connectivity index (χ0n) is 10.8. The number of nitrogens with zero attached hydrogens (tertiary/aromatic N) is 3. The van der Waals surface area contributed by atoms with Crippen LogP contribution in [0.15, 0.2) is 18.2 Å². The normalized spacial score (nSPS) is 10.1. The van der Waals surface area contributed by atoms with Crippen LogP contribution in [-0.4, -0.2) is 22.6 Å². The molecule has 0 aliphatic carbocycles. The summed E-state index contributed by atoms with van der Waals surface area (Å²) < 4.78 is 6.11. The molecule has 7 heteroatoms. The van der Waals surface area contributed by atoms with Crippen molar-refractivity contribution in [3.05, 3.63) is 40.3 Å². The number of carbonyl (C=O) groups is 1. The van der Waals surface area contributed by atoms with Crippen molar-refractivity contribution in [1.29, 1.82) is 5.26 Å². The van der Waals surface area contributed by atoms with Crippen molar-refractivity contribution in [2.45, 2.75) is 6.92 Å². The highest BCUT2D eigenvalue weighted by molar-refractivity contribution is 6.30. The number of rotatable bonds is 2. The molecule has 0 unspecified atom stereocenters. The minimum atomic E-state index is -0.634. The van der Waals surface area contributed by atoms with Crippen molar-refractivity contribution in [3.8, 4) is 11.8 Å². The van der Waals surface area contributed by atoms with Gasteiger partial charge in [-0.2, -0.15) is 5.26 Å². The maximum absolute atomic E-state index is 11.6. The summed E-state index contributed by atoms with van der Waals surface area (Å²) >= 11 is 5.95. The number of carbonyl (C=O) groups excluding carboxylic acids is 1. The van der Waals surface area contributed by atoms with Gasteiger partial charge >= 0.3 is 5.97 Å². The summed E-state index contributed by atoms with van der Waals surface area (Å²) in [7, 11) is 1.25. The van der Waals surface area contributed by atoms with Crippen LogP contribution < -0.4 is 5.73 Å². The molecular formula is C13H11ClN4O2. The van der Waals surface area contributed by atoms with Crippen molar-refractivity contribution in [3.63, 3.8) is 0 Å². The second kappa shape index (κ2) is 5.23. The highest BCUT2D eigenvalue weighted by Crippen LogP contribution is 2.26. The first-order valence-electron chi connectivity index (χ1n) is 5.62. The van der Waals surface area contributed by atoms with Crippen LogP contribution in [0, 0.1) is 18.3 Å². The van der Waals surface area contributed by atoms with E-state index in [9.17, 15) is 4.79 Å². The first-order chi connectivity index (χ1) is 9.49. The number of aryl methyl sites for hydroxylation is 1. The molecule has 0 amide bonds. The van der Waals surface area contributed by atoms with Crippen molar-refractivity contribution >= 4 is 23.4 Å². The van der Waals surface area contributed by atoms with Crippen LogP contribution in [0.2, 0.25) is 5.02 Å². The predicted octanol–water partition coefficient (Wildman–Crippen LogP) is 2.07. The van der Waals surface area contributed by atoms with E-state index in [1.165, 1.54) is 11.7 Å². The zero-order chi connectivity index (χ0) is 14.9. The number of hydrogen-bond donors (Lipinski definition) is 1. The fourth-order valence-corrected chi connectivity index (χ4v) is 2.05. The van der Waals surface area contributed by atoms with E-state index in [1.54, 1.807) is 25.1 Å². The Labute approximate surface area is 120 Å². The molecule has 0 saturated heterocycles. The molecule has 0 atom stereocenters. The number of methoxy groups -OCH3 is 1. The summed E-state index contributed by atoms with van der Waals surface area (Å²) in [5, 5.41) is 9.61. The molecule has 0 bridgehead atoms. The molecule has 6 nitrogen and oxygen atoms in total. The van der Waals surface area contributed by atoms with Crippen LogP contribution >= 0.6 is 11.6 Å². The fraction of sp³-hybridized carbons (Fsp3) is 0.154. The van der Waals surface area contributed by atoms with Gasteiger partial charge in [-0.3, -0.25) is 4.57 Å². The average molecular weight is 291 g/mol. The van der Waals surface area contributed by atoms with Gasteiger partial charge < -0.3 is 10.5 Å². The second-order valence-corrected chi connectivity index (χ2v) is 4.43. The number of benzene rings is 1. The van der Waals surface area contributed by atoms with Crippen LogP contribution in [0.1, 0.15) is 21.9 Å². The van der Waals surface area contributed by atoms with Crippen molar-refractivity contribution in [2.24, 2.45) is 0 Å². The monoisotopic (exact) mass is 290 g/mol. The summed E-state index contributed by atoms with van der Waals surface area (Å²) in [5.41, 5.74) is 6.78. The van der Waals surface area contributed by atoms with E-state index >= 15 is 0 Å². The molecule has 0 aliphatic rings. The van der Waals surface area contributed by atoms with Gasteiger partial charge in [0.2, 0.25) is 0 Å². The number of esters is 1. The van der Waals surface area contributed by atoms with E-state index < -0.39 is 5.97 Å². The van der Waals surface area contributed by atoms with Gasteiger partial charge in [-0.15, -0.1) is 0 Å². The van der Waals surface area contributed by atoms with Crippen LogP contribution in [-0.2, 0) is 4.74 Å². The first kappa shape index (κ1) is 13.9. The molecule has 1 aromatic carbocycles. The maximum Gasteiger partial charge on any atom is 0.360 e. The van der Waals surface area contributed by atoms with Gasteiger partial charge in [-0.05, 0) is 25.1 Å². The van der Waals surface area contributed by atoms with Crippen molar-refractivity contribution in [2.75, 3.05) is 12.8 Å². The van der Waals surface area contributed by atoms with E-state index in [2.05, 4.69) is 9.72 Å². The Morgan fingerprint density at radius 2 is 2.25 bits per heavy atom. The Balaban J connectivity index is 2.71. The van der Waals surface area contributed by atoms with Crippen LogP contribution in [0.3, 0.4) is 0 Å². The number of nitriles is 1. The molecular weight excluding hydrogens is 280 g/mol. The SMILES string of the molecule is COC(=O)c1nc(C)n(-c2cc(Cl)ccc2C#N)c1N. The zero-order valence-corrected chi connectivity index (χ0v) is 11.6. The van der Waals surface area contributed by atoms with E-state index in [-0.39, 0.29) is 11.5 Å². The predicted molar refractivity (Wildman–Crippen MR) is 73.8 cm³/mol. The van der Waals surface area contributed by atoms with Crippen molar-refractivity contribution < 1.29 is 9.53 Å². The molecule has 0 radical (unpaired) electrons. The number of aromatic nitrogens is 2. The number of hydrogen-bond acceptors (Lipinski definition) is 5. The molecule has 0 spiro atoms. The van der Waals surface area contributed by atoms with Gasteiger partial charge in [0.1, 0.15) is 17.7 Å². The highest BCUT2D eigenvalue weighted by atomic mass is 35.5. The average Bonchev–Trinajstić information content (AvgIpc) is 2.73. The molecule has 0 aliphatic heterocycles. The number of imidazole rings is 1. The second-order valence-electron chi connectivity index (χ2n) is 3.99. The van der Waals surface area contributed by atoms with E-state index in [0.717, 1.165) is 0 Å². The third kappa shape index (κ3) is 2.19. The Morgan fingerprint density at radius 1 is 1.55 bits per heavy atom. The van der Waals surface area contributed by atoms with Gasteiger partial charge in [0.25, 0.3) is 0 Å². The van der Waals surface area contributed by atoms with Gasteiger partial charge in [0.05, 0.1) is 18.4 Å². The Morgan fingerprint density at radius 3 is 2.85 bits per heavy atom. The van der Waals surface area contributed by atoms with Crippen molar-refractivity contribution in [1.82, 2.24) is 9.55 Å². The van der Waals surface area contributed by atoms with Gasteiger partial charge in [0.15, 0.2) is 5.69 Å². The molecule has 2 aromatic rings. The molecule has 1 heterocycles. The lowest BCUT2D eigenvalue weighted by Gasteiger charge is -2.10. The van der Waals surface area contributed by atoms with Gasteiger partial charge in [-0.25, -0.2) is 9.78 Å². The number of halogens is 1. The topological polar surface area (TPSA) is 93.9 Å². The maximum atomic E-state index is 11.6. The molecule has 0 saturated carbocycles. The van der Waals surface area contributed by atoms with Crippen LogP contribution in [0.25, 0.3) is 5.69 Å². The van der Waals surface area contributed by atoms with Gasteiger partial charge in [0, 0.05) is 5.02 Å². The fourth-order valence-electron chi connectivity index (χ4n) is 1.88. The van der Waals surface area contributed by atoms with E-state index in [0.29, 0.717) is 22.1 Å². The minimum Gasteiger partial charge on any atom is -0.464 e. The van der Waals surface area contributed by atoms with E-state index in [4.69, 9.17) is 22.6 Å². The summed E-state index contributed by atoms with van der Waals surface area (Å²) in [4.78, 5) is 15.7. The number of anilines is 1. The Kier molecular flexibility index (Phi) is 3.63. The first-order valence-corrected chi connectivity index (χ1v) is 6.00. The number of ether oxygens (including phenoxy) is 1. The standard InChI is InChI=1S/C13H11ClN4O2/c1-7-17-11(13(19)20-2)12(16)18(7)10-5-9(14)4-3-8(10)6-15/h3-5H,16H2,1-2H3. The quantitative estimate of drug-likeness (QED) is 0.855. The molecule has 2 N–H and O–H groups in total. The van der Waals surface area contributed by atoms with Crippen LogP contribution in [0.4, 0.5) is 5.82 Å². The summed E-state index contributed by atoms with van der Waals surface area (Å²) in [6, 6.07) is 6.82. The Hall–Kier alpha value is -2.52.